The molecule has 0 aromatic heterocycles. The zero-order valence-corrected chi connectivity index (χ0v) is 11.4. The lowest BCUT2D eigenvalue weighted by molar-refractivity contribution is 0.0765. The van der Waals surface area contributed by atoms with Crippen molar-refractivity contribution in [2.75, 3.05) is 13.1 Å². The second-order valence-corrected chi connectivity index (χ2v) is 5.21. The fourth-order valence-electron chi connectivity index (χ4n) is 1.89. The van der Waals surface area contributed by atoms with Crippen molar-refractivity contribution in [3.05, 3.63) is 45.0 Å². The maximum Gasteiger partial charge on any atom is 0.255 e. The summed E-state index contributed by atoms with van der Waals surface area (Å²) in [7, 11) is 0. The predicted molar refractivity (Wildman–Crippen MR) is 73.4 cm³/mol. The second-order valence-electron chi connectivity index (χ2n) is 4.05. The van der Waals surface area contributed by atoms with Gasteiger partial charge in [0.25, 0.3) is 5.91 Å². The number of rotatable bonds is 1. The number of hydrogen-bond donors (Lipinski definition) is 0. The zero-order valence-electron chi connectivity index (χ0n) is 9.24. The minimum absolute atomic E-state index is 0.150. The molecule has 1 aromatic rings. The third-order valence-corrected chi connectivity index (χ3v) is 3.66. The summed E-state index contributed by atoms with van der Waals surface area (Å²) in [6.07, 6.45) is 3.18. The van der Waals surface area contributed by atoms with E-state index in [2.05, 4.69) is 35.6 Å². The first-order valence-electron chi connectivity index (χ1n) is 5.38. The van der Waals surface area contributed by atoms with Gasteiger partial charge >= 0.3 is 0 Å². The van der Waals surface area contributed by atoms with Crippen molar-refractivity contribution in [2.24, 2.45) is 0 Å². The number of amides is 1. The normalized spacial score (nSPS) is 15.9. The molecule has 1 aliphatic heterocycles. The smallest absolute Gasteiger partial charge is 0.255 e. The van der Waals surface area contributed by atoms with E-state index in [1.54, 1.807) is 0 Å². The Bertz CT molecular complexity index is 439. The molecule has 0 saturated carbocycles. The molecule has 1 aromatic carbocycles. The number of nitrogens with zero attached hydrogens (tertiary/aromatic N) is 1. The third kappa shape index (κ3) is 2.45. The Morgan fingerprint density at radius 1 is 1.38 bits per heavy atom. The van der Waals surface area contributed by atoms with Crippen molar-refractivity contribution < 1.29 is 4.79 Å². The molecule has 0 fully saturated rings. The van der Waals surface area contributed by atoms with Crippen LogP contribution in [0.4, 0.5) is 0 Å². The first-order chi connectivity index (χ1) is 7.68. The molecular formula is C13H14INO. The van der Waals surface area contributed by atoms with Crippen LogP contribution in [0.15, 0.2) is 35.9 Å². The molecule has 0 aliphatic carbocycles. The average molecular weight is 327 g/mol. The molecule has 0 saturated heterocycles. The summed E-state index contributed by atoms with van der Waals surface area (Å²) in [4.78, 5) is 14.2. The van der Waals surface area contributed by atoms with Crippen LogP contribution < -0.4 is 0 Å². The Morgan fingerprint density at radius 2 is 2.12 bits per heavy atom. The van der Waals surface area contributed by atoms with Gasteiger partial charge in [0.15, 0.2) is 0 Å². The van der Waals surface area contributed by atoms with Crippen LogP contribution in [-0.2, 0) is 0 Å². The van der Waals surface area contributed by atoms with Gasteiger partial charge in [0.05, 0.1) is 5.56 Å². The van der Waals surface area contributed by atoms with Crippen molar-refractivity contribution in [1.29, 1.82) is 0 Å². The molecule has 0 N–H and O–H groups in total. The maximum atomic E-state index is 12.3. The second kappa shape index (κ2) is 4.99. The van der Waals surface area contributed by atoms with Crippen LogP contribution in [0.5, 0.6) is 0 Å². The maximum absolute atomic E-state index is 12.3. The summed E-state index contributed by atoms with van der Waals surface area (Å²) in [5, 5.41) is 0. The standard InChI is InChI=1S/C13H14INO/c1-10-5-4-8-15(9-10)13(16)11-6-2-3-7-12(11)14/h2-3,5-7H,4,8-9H2,1H3. The van der Waals surface area contributed by atoms with Crippen LogP contribution in [0.25, 0.3) is 0 Å². The molecule has 0 atom stereocenters. The van der Waals surface area contributed by atoms with Crippen LogP contribution in [0.3, 0.4) is 0 Å². The Hall–Kier alpha value is -0.840. The van der Waals surface area contributed by atoms with Crippen molar-refractivity contribution in [3.63, 3.8) is 0 Å². The van der Waals surface area contributed by atoms with E-state index in [4.69, 9.17) is 0 Å². The SMILES string of the molecule is CC1=CCCN(C(=O)c2ccccc2I)C1. The van der Waals surface area contributed by atoms with E-state index >= 15 is 0 Å². The lowest BCUT2D eigenvalue weighted by atomic mass is 10.1. The topological polar surface area (TPSA) is 20.3 Å². The van der Waals surface area contributed by atoms with Crippen LogP contribution in [-0.4, -0.2) is 23.9 Å². The summed E-state index contributed by atoms with van der Waals surface area (Å²) in [6.45, 7) is 3.68. The first kappa shape index (κ1) is 11.6. The van der Waals surface area contributed by atoms with E-state index < -0.39 is 0 Å². The molecule has 3 heteroatoms. The van der Waals surface area contributed by atoms with Gasteiger partial charge in [-0.05, 0) is 48.1 Å². The van der Waals surface area contributed by atoms with E-state index in [-0.39, 0.29) is 5.91 Å². The third-order valence-electron chi connectivity index (χ3n) is 2.72. The van der Waals surface area contributed by atoms with Crippen LogP contribution >= 0.6 is 22.6 Å². The Kier molecular flexibility index (Phi) is 3.63. The van der Waals surface area contributed by atoms with E-state index in [9.17, 15) is 4.79 Å². The number of carbonyl (C=O) groups is 1. The monoisotopic (exact) mass is 327 g/mol. The molecule has 2 rings (SSSR count). The first-order valence-corrected chi connectivity index (χ1v) is 6.46. The highest BCUT2D eigenvalue weighted by molar-refractivity contribution is 14.1. The molecule has 16 heavy (non-hydrogen) atoms. The fraction of sp³-hybridized carbons (Fsp3) is 0.308. The molecule has 0 spiro atoms. The highest BCUT2D eigenvalue weighted by Gasteiger charge is 2.19. The van der Waals surface area contributed by atoms with E-state index in [1.807, 2.05) is 29.2 Å². The average Bonchev–Trinajstić information content (AvgIpc) is 2.29. The van der Waals surface area contributed by atoms with Crippen molar-refractivity contribution in [2.45, 2.75) is 13.3 Å². The number of hydrogen-bond acceptors (Lipinski definition) is 1. The molecule has 84 valence electrons. The lowest BCUT2D eigenvalue weighted by Crippen LogP contribution is -2.35. The van der Waals surface area contributed by atoms with Crippen LogP contribution in [0.1, 0.15) is 23.7 Å². The molecule has 1 aliphatic rings. The van der Waals surface area contributed by atoms with Gasteiger partial charge in [-0.2, -0.15) is 0 Å². The molecule has 0 bridgehead atoms. The Labute approximate surface area is 109 Å². The number of halogens is 1. The van der Waals surface area contributed by atoms with Crippen molar-refractivity contribution in [1.82, 2.24) is 4.90 Å². The summed E-state index contributed by atoms with van der Waals surface area (Å²) in [6, 6.07) is 7.75. The number of benzene rings is 1. The summed E-state index contributed by atoms with van der Waals surface area (Å²) < 4.78 is 1.03. The van der Waals surface area contributed by atoms with Gasteiger partial charge in [-0.1, -0.05) is 23.8 Å². The van der Waals surface area contributed by atoms with Gasteiger partial charge in [-0.15, -0.1) is 0 Å². The fourth-order valence-corrected chi connectivity index (χ4v) is 2.51. The molecule has 1 amide bonds. The molecule has 2 nitrogen and oxygen atoms in total. The van der Waals surface area contributed by atoms with Gasteiger partial charge < -0.3 is 4.90 Å². The van der Waals surface area contributed by atoms with Crippen LogP contribution in [0, 0.1) is 3.57 Å². The van der Waals surface area contributed by atoms with Gasteiger partial charge in [0, 0.05) is 16.7 Å². The Balaban J connectivity index is 2.20. The van der Waals surface area contributed by atoms with E-state index in [0.717, 1.165) is 28.6 Å². The minimum Gasteiger partial charge on any atom is -0.334 e. The highest BCUT2D eigenvalue weighted by Crippen LogP contribution is 2.17. The quantitative estimate of drug-likeness (QED) is 0.573. The summed E-state index contributed by atoms with van der Waals surface area (Å²) in [5.41, 5.74) is 2.10. The molecular weight excluding hydrogens is 313 g/mol. The van der Waals surface area contributed by atoms with Crippen LogP contribution in [0.2, 0.25) is 0 Å². The minimum atomic E-state index is 0.150. The molecule has 1 heterocycles. The zero-order chi connectivity index (χ0) is 11.5. The van der Waals surface area contributed by atoms with Gasteiger partial charge in [0.1, 0.15) is 0 Å². The molecule has 0 unspecified atom stereocenters. The highest BCUT2D eigenvalue weighted by atomic mass is 127. The van der Waals surface area contributed by atoms with E-state index in [1.165, 1.54) is 5.57 Å². The Morgan fingerprint density at radius 3 is 2.81 bits per heavy atom. The van der Waals surface area contributed by atoms with Gasteiger partial charge in [0.2, 0.25) is 0 Å². The van der Waals surface area contributed by atoms with Gasteiger partial charge in [-0.3, -0.25) is 4.79 Å². The van der Waals surface area contributed by atoms with E-state index in [0.29, 0.717) is 0 Å². The molecule has 0 radical (unpaired) electrons. The van der Waals surface area contributed by atoms with Crippen molar-refractivity contribution >= 4 is 28.5 Å². The predicted octanol–water partition coefficient (Wildman–Crippen LogP) is 3.08. The number of carbonyl (C=O) groups excluding carboxylic acids is 1. The summed E-state index contributed by atoms with van der Waals surface area (Å²) in [5.74, 6) is 0.150. The van der Waals surface area contributed by atoms with Gasteiger partial charge in [-0.25, -0.2) is 0 Å². The van der Waals surface area contributed by atoms with Crippen molar-refractivity contribution in [3.8, 4) is 0 Å². The lowest BCUT2D eigenvalue weighted by Gasteiger charge is -2.26. The summed E-state index contributed by atoms with van der Waals surface area (Å²) >= 11 is 2.21. The largest absolute Gasteiger partial charge is 0.334 e.